The summed E-state index contributed by atoms with van der Waals surface area (Å²) in [5.41, 5.74) is 2.39. The maximum absolute atomic E-state index is 12.2. The maximum Gasteiger partial charge on any atom is 0.414 e. The topological polar surface area (TPSA) is 49.8 Å². The molecule has 0 fully saturated rings. The summed E-state index contributed by atoms with van der Waals surface area (Å²) in [5.74, 6) is 0. The van der Waals surface area contributed by atoms with Gasteiger partial charge in [0.2, 0.25) is 0 Å². The second kappa shape index (κ2) is 5.44. The standard InChI is InChI=1S/C16H23NO3/c1-11(18)12-7-8-14-13(10-12)6-5-9-17(14)15(19)20-16(2,3)4/h7-8,10-11,18H,5-6,9H2,1-4H3. The Morgan fingerprint density at radius 2 is 2.10 bits per heavy atom. The molecule has 110 valence electrons. The first-order chi connectivity index (χ1) is 9.28. The van der Waals surface area contributed by atoms with Crippen molar-refractivity contribution in [1.82, 2.24) is 0 Å². The lowest BCUT2D eigenvalue weighted by Crippen LogP contribution is -2.39. The Hall–Kier alpha value is -1.55. The number of benzene rings is 1. The Labute approximate surface area is 120 Å². The van der Waals surface area contributed by atoms with Crippen LogP contribution in [0.1, 0.15) is 51.3 Å². The van der Waals surface area contributed by atoms with E-state index in [1.165, 1.54) is 0 Å². The Kier molecular flexibility index (Phi) is 4.04. The molecule has 0 aliphatic carbocycles. The molecular formula is C16H23NO3. The van der Waals surface area contributed by atoms with Gasteiger partial charge in [0.05, 0.1) is 11.8 Å². The summed E-state index contributed by atoms with van der Waals surface area (Å²) in [6.07, 6.45) is 1.05. The molecule has 0 spiro atoms. The van der Waals surface area contributed by atoms with Crippen molar-refractivity contribution < 1.29 is 14.6 Å². The minimum absolute atomic E-state index is 0.303. The van der Waals surface area contributed by atoms with Crippen LogP contribution in [0.3, 0.4) is 0 Å². The smallest absolute Gasteiger partial charge is 0.414 e. The summed E-state index contributed by atoms with van der Waals surface area (Å²) < 4.78 is 5.45. The Morgan fingerprint density at radius 3 is 2.70 bits per heavy atom. The fourth-order valence-electron chi connectivity index (χ4n) is 2.38. The third-order valence-electron chi connectivity index (χ3n) is 3.32. The zero-order valence-electron chi connectivity index (χ0n) is 12.6. The van der Waals surface area contributed by atoms with Gasteiger partial charge < -0.3 is 9.84 Å². The molecular weight excluding hydrogens is 254 g/mol. The average molecular weight is 277 g/mol. The number of carbonyl (C=O) groups is 1. The number of aliphatic hydroxyl groups is 1. The van der Waals surface area contributed by atoms with Crippen LogP contribution in [0.2, 0.25) is 0 Å². The van der Waals surface area contributed by atoms with E-state index in [4.69, 9.17) is 4.74 Å². The largest absolute Gasteiger partial charge is 0.443 e. The molecule has 1 unspecified atom stereocenters. The van der Waals surface area contributed by atoms with E-state index in [2.05, 4.69) is 0 Å². The lowest BCUT2D eigenvalue weighted by atomic mass is 9.98. The molecule has 1 amide bonds. The molecule has 1 aromatic carbocycles. The van der Waals surface area contributed by atoms with Gasteiger partial charge in [0.25, 0.3) is 0 Å². The maximum atomic E-state index is 12.2. The fourth-order valence-corrected chi connectivity index (χ4v) is 2.38. The number of aryl methyl sites for hydroxylation is 1. The first-order valence-electron chi connectivity index (χ1n) is 7.09. The van der Waals surface area contributed by atoms with Gasteiger partial charge in [0.1, 0.15) is 5.60 Å². The zero-order chi connectivity index (χ0) is 14.9. The Balaban J connectivity index is 2.27. The zero-order valence-corrected chi connectivity index (χ0v) is 12.6. The quantitative estimate of drug-likeness (QED) is 0.855. The van der Waals surface area contributed by atoms with Crippen LogP contribution >= 0.6 is 0 Å². The van der Waals surface area contributed by atoms with Gasteiger partial charge in [-0.3, -0.25) is 4.90 Å². The summed E-state index contributed by atoms with van der Waals surface area (Å²) >= 11 is 0. The highest BCUT2D eigenvalue weighted by molar-refractivity contribution is 5.89. The molecule has 0 radical (unpaired) electrons. The van der Waals surface area contributed by atoms with Crippen molar-refractivity contribution in [2.45, 2.75) is 52.2 Å². The highest BCUT2D eigenvalue weighted by Gasteiger charge is 2.27. The number of ether oxygens (including phenoxy) is 1. The molecule has 4 heteroatoms. The molecule has 0 saturated carbocycles. The van der Waals surface area contributed by atoms with Crippen molar-refractivity contribution >= 4 is 11.8 Å². The van der Waals surface area contributed by atoms with E-state index < -0.39 is 11.7 Å². The molecule has 1 N–H and O–H groups in total. The predicted molar refractivity (Wildman–Crippen MR) is 79.0 cm³/mol. The van der Waals surface area contributed by atoms with E-state index in [0.717, 1.165) is 29.7 Å². The molecule has 0 aromatic heterocycles. The van der Waals surface area contributed by atoms with Crippen molar-refractivity contribution in [3.63, 3.8) is 0 Å². The van der Waals surface area contributed by atoms with Gasteiger partial charge in [-0.1, -0.05) is 12.1 Å². The summed E-state index contributed by atoms with van der Waals surface area (Å²) in [6.45, 7) is 8.02. The number of rotatable bonds is 1. The molecule has 2 rings (SSSR count). The van der Waals surface area contributed by atoms with Gasteiger partial charge in [0, 0.05) is 6.54 Å². The second-order valence-electron chi connectivity index (χ2n) is 6.30. The predicted octanol–water partition coefficient (Wildman–Crippen LogP) is 3.43. The van der Waals surface area contributed by atoms with Crippen LogP contribution in [0.5, 0.6) is 0 Å². The average Bonchev–Trinajstić information content (AvgIpc) is 2.35. The monoisotopic (exact) mass is 277 g/mol. The second-order valence-corrected chi connectivity index (χ2v) is 6.30. The summed E-state index contributed by atoms with van der Waals surface area (Å²) in [4.78, 5) is 13.9. The third kappa shape index (κ3) is 3.31. The summed E-state index contributed by atoms with van der Waals surface area (Å²) in [6, 6.07) is 5.75. The van der Waals surface area contributed by atoms with Gasteiger partial charge in [0.15, 0.2) is 0 Å². The molecule has 1 aliphatic rings. The van der Waals surface area contributed by atoms with Crippen LogP contribution in [0.15, 0.2) is 18.2 Å². The van der Waals surface area contributed by atoms with Crippen LogP contribution in [-0.2, 0) is 11.2 Å². The fraction of sp³-hybridized carbons (Fsp3) is 0.562. The van der Waals surface area contributed by atoms with Crippen molar-refractivity contribution in [1.29, 1.82) is 0 Å². The van der Waals surface area contributed by atoms with Crippen LogP contribution in [0.4, 0.5) is 10.5 Å². The summed E-state index contributed by atoms with van der Waals surface area (Å²) in [5, 5.41) is 9.65. The lowest BCUT2D eigenvalue weighted by molar-refractivity contribution is 0.0578. The minimum atomic E-state index is -0.492. The van der Waals surface area contributed by atoms with Gasteiger partial charge in [-0.2, -0.15) is 0 Å². The number of anilines is 1. The SMILES string of the molecule is CC(O)c1ccc2c(c1)CCCN2C(=O)OC(C)(C)C. The first-order valence-corrected chi connectivity index (χ1v) is 7.09. The van der Waals surface area contributed by atoms with E-state index >= 15 is 0 Å². The van der Waals surface area contributed by atoms with Crippen molar-refractivity contribution in [2.24, 2.45) is 0 Å². The van der Waals surface area contributed by atoms with Crippen LogP contribution in [-0.4, -0.2) is 23.3 Å². The van der Waals surface area contributed by atoms with Crippen LogP contribution in [0, 0.1) is 0 Å². The molecule has 1 aliphatic heterocycles. The van der Waals surface area contributed by atoms with Crippen molar-refractivity contribution in [3.8, 4) is 0 Å². The van der Waals surface area contributed by atoms with E-state index in [9.17, 15) is 9.90 Å². The third-order valence-corrected chi connectivity index (χ3v) is 3.32. The number of nitrogens with zero attached hydrogens (tertiary/aromatic N) is 1. The lowest BCUT2D eigenvalue weighted by Gasteiger charge is -2.32. The molecule has 1 heterocycles. The van der Waals surface area contributed by atoms with E-state index in [-0.39, 0.29) is 6.09 Å². The van der Waals surface area contributed by atoms with Crippen molar-refractivity contribution in [3.05, 3.63) is 29.3 Å². The highest BCUT2D eigenvalue weighted by atomic mass is 16.6. The number of fused-ring (bicyclic) bond motifs is 1. The number of hydrogen-bond donors (Lipinski definition) is 1. The van der Waals surface area contributed by atoms with Crippen molar-refractivity contribution in [2.75, 3.05) is 11.4 Å². The molecule has 1 aromatic rings. The van der Waals surface area contributed by atoms with Crippen LogP contribution < -0.4 is 4.90 Å². The van der Waals surface area contributed by atoms with Gasteiger partial charge in [-0.25, -0.2) is 4.79 Å². The van der Waals surface area contributed by atoms with E-state index in [0.29, 0.717) is 6.54 Å². The van der Waals surface area contributed by atoms with Gasteiger partial charge in [-0.05, 0) is 57.7 Å². The number of carbonyl (C=O) groups excluding carboxylic acids is 1. The Morgan fingerprint density at radius 1 is 1.40 bits per heavy atom. The van der Waals surface area contributed by atoms with E-state index in [1.54, 1.807) is 11.8 Å². The number of amides is 1. The normalized spacial score (nSPS) is 16.6. The molecule has 1 atom stereocenters. The molecule has 0 saturated heterocycles. The number of aliphatic hydroxyl groups excluding tert-OH is 1. The van der Waals surface area contributed by atoms with Gasteiger partial charge in [-0.15, -0.1) is 0 Å². The van der Waals surface area contributed by atoms with Gasteiger partial charge >= 0.3 is 6.09 Å². The molecule has 0 bridgehead atoms. The Bertz CT molecular complexity index is 503. The minimum Gasteiger partial charge on any atom is -0.443 e. The summed E-state index contributed by atoms with van der Waals surface area (Å²) in [7, 11) is 0. The highest BCUT2D eigenvalue weighted by Crippen LogP contribution is 2.30. The molecule has 4 nitrogen and oxygen atoms in total. The van der Waals surface area contributed by atoms with E-state index in [1.807, 2.05) is 39.0 Å². The van der Waals surface area contributed by atoms with Crippen LogP contribution in [0.25, 0.3) is 0 Å². The molecule has 20 heavy (non-hydrogen) atoms. The number of hydrogen-bond acceptors (Lipinski definition) is 3. The first kappa shape index (κ1) is 14.9.